The van der Waals surface area contributed by atoms with E-state index in [2.05, 4.69) is 42.2 Å². The number of nitrogens with zero attached hydrogens (tertiary/aromatic N) is 1. The van der Waals surface area contributed by atoms with Crippen LogP contribution < -0.4 is 0 Å². The molecule has 2 rings (SSSR count). The van der Waals surface area contributed by atoms with Gasteiger partial charge in [-0.3, -0.25) is 4.99 Å². The number of hydrogen-bond donors (Lipinski definition) is 0. The fraction of sp³-hybridized carbons (Fsp3) is 0.250. The molecular formula is C12H13NS. The Morgan fingerprint density at radius 2 is 2.07 bits per heavy atom. The summed E-state index contributed by atoms with van der Waals surface area (Å²) in [5.41, 5.74) is 2.70. The zero-order valence-electron chi connectivity index (χ0n) is 8.23. The second kappa shape index (κ2) is 4.47. The molecule has 0 amide bonds. The number of thioether (sulfide) groups is 1. The third-order valence-corrected chi connectivity index (χ3v) is 3.49. The summed E-state index contributed by atoms with van der Waals surface area (Å²) in [7, 11) is 0. The van der Waals surface area contributed by atoms with Gasteiger partial charge in [-0.2, -0.15) is 0 Å². The van der Waals surface area contributed by atoms with Crippen LogP contribution in [0.15, 0.2) is 45.8 Å². The highest BCUT2D eigenvalue weighted by Crippen LogP contribution is 2.26. The summed E-state index contributed by atoms with van der Waals surface area (Å²) < 4.78 is 0. The molecule has 0 fully saturated rings. The average Bonchev–Trinajstić information content (AvgIpc) is 2.63. The van der Waals surface area contributed by atoms with Crippen LogP contribution in [0.2, 0.25) is 0 Å². The summed E-state index contributed by atoms with van der Waals surface area (Å²) >= 11 is 1.90. The lowest BCUT2D eigenvalue weighted by Gasteiger charge is -2.02. The Kier molecular flexibility index (Phi) is 3.04. The number of hydrogen-bond acceptors (Lipinski definition) is 2. The first kappa shape index (κ1) is 9.53. The average molecular weight is 203 g/mol. The fourth-order valence-corrected chi connectivity index (χ4v) is 2.35. The molecule has 2 heteroatoms. The van der Waals surface area contributed by atoms with Crippen molar-refractivity contribution in [2.24, 2.45) is 4.99 Å². The molecule has 1 aromatic carbocycles. The van der Waals surface area contributed by atoms with Crippen molar-refractivity contribution in [3.63, 3.8) is 0 Å². The van der Waals surface area contributed by atoms with E-state index in [1.54, 1.807) is 0 Å². The molecule has 0 spiro atoms. The predicted octanol–water partition coefficient (Wildman–Crippen LogP) is 3.28. The normalized spacial score (nSPS) is 15.2. The standard InChI is InChI=1S/C12H13NS/c1-10-7-13-8-12(10)14-9-11-5-3-2-4-6-11/h2-7H,8-9H2,1H3. The van der Waals surface area contributed by atoms with E-state index in [0.29, 0.717) is 0 Å². The molecule has 0 bridgehead atoms. The Morgan fingerprint density at radius 1 is 1.29 bits per heavy atom. The van der Waals surface area contributed by atoms with Gasteiger partial charge in [0.05, 0.1) is 6.54 Å². The third-order valence-electron chi connectivity index (χ3n) is 2.22. The van der Waals surface area contributed by atoms with Crippen LogP contribution >= 0.6 is 11.8 Å². The number of benzene rings is 1. The van der Waals surface area contributed by atoms with Gasteiger partial charge in [-0.15, -0.1) is 11.8 Å². The van der Waals surface area contributed by atoms with E-state index in [4.69, 9.17) is 0 Å². The number of aliphatic imine (C=N–C) groups is 1. The van der Waals surface area contributed by atoms with Crippen molar-refractivity contribution in [1.82, 2.24) is 0 Å². The molecule has 0 saturated heterocycles. The summed E-state index contributed by atoms with van der Waals surface area (Å²) in [5, 5.41) is 0. The van der Waals surface area contributed by atoms with Gasteiger partial charge in [0.15, 0.2) is 0 Å². The van der Waals surface area contributed by atoms with Gasteiger partial charge < -0.3 is 0 Å². The van der Waals surface area contributed by atoms with E-state index in [9.17, 15) is 0 Å². The van der Waals surface area contributed by atoms with Gasteiger partial charge >= 0.3 is 0 Å². The quantitative estimate of drug-likeness (QED) is 0.734. The van der Waals surface area contributed by atoms with Gasteiger partial charge in [-0.05, 0) is 18.1 Å². The van der Waals surface area contributed by atoms with Crippen LogP contribution in [-0.2, 0) is 5.75 Å². The summed E-state index contributed by atoms with van der Waals surface area (Å²) in [6.45, 7) is 3.01. The van der Waals surface area contributed by atoms with Gasteiger partial charge in [0.25, 0.3) is 0 Å². The van der Waals surface area contributed by atoms with Gasteiger partial charge in [-0.25, -0.2) is 0 Å². The van der Waals surface area contributed by atoms with E-state index in [-0.39, 0.29) is 0 Å². The second-order valence-corrected chi connectivity index (χ2v) is 4.42. The van der Waals surface area contributed by atoms with Crippen molar-refractivity contribution in [2.75, 3.05) is 6.54 Å². The van der Waals surface area contributed by atoms with E-state index < -0.39 is 0 Å². The maximum Gasteiger partial charge on any atom is 0.0702 e. The molecule has 0 saturated carbocycles. The second-order valence-electron chi connectivity index (χ2n) is 3.35. The summed E-state index contributed by atoms with van der Waals surface area (Å²) in [5.74, 6) is 1.05. The van der Waals surface area contributed by atoms with Crippen LogP contribution in [0.1, 0.15) is 12.5 Å². The van der Waals surface area contributed by atoms with Crippen molar-refractivity contribution >= 4 is 18.0 Å². The van der Waals surface area contributed by atoms with Crippen LogP contribution in [-0.4, -0.2) is 12.8 Å². The Balaban J connectivity index is 1.93. The molecule has 1 aliphatic rings. The van der Waals surface area contributed by atoms with Crippen LogP contribution in [0.4, 0.5) is 0 Å². The maximum absolute atomic E-state index is 4.24. The van der Waals surface area contributed by atoms with Crippen LogP contribution in [0, 0.1) is 0 Å². The minimum Gasteiger partial charge on any atom is -0.288 e. The monoisotopic (exact) mass is 203 g/mol. The molecule has 14 heavy (non-hydrogen) atoms. The van der Waals surface area contributed by atoms with Crippen molar-refractivity contribution < 1.29 is 0 Å². The Morgan fingerprint density at radius 3 is 2.71 bits per heavy atom. The first-order chi connectivity index (χ1) is 6.86. The molecule has 0 unspecified atom stereocenters. The largest absolute Gasteiger partial charge is 0.288 e. The van der Waals surface area contributed by atoms with Gasteiger partial charge in [0.1, 0.15) is 0 Å². The van der Waals surface area contributed by atoms with Crippen molar-refractivity contribution in [3.05, 3.63) is 46.4 Å². The lowest BCUT2D eigenvalue weighted by atomic mass is 10.2. The molecule has 72 valence electrons. The molecule has 0 N–H and O–H groups in total. The maximum atomic E-state index is 4.24. The predicted molar refractivity (Wildman–Crippen MR) is 63.8 cm³/mol. The van der Waals surface area contributed by atoms with E-state index in [1.807, 2.05) is 18.0 Å². The molecule has 1 nitrogen and oxygen atoms in total. The van der Waals surface area contributed by atoms with Gasteiger partial charge in [0, 0.05) is 16.9 Å². The van der Waals surface area contributed by atoms with Crippen LogP contribution in [0.25, 0.3) is 0 Å². The molecule has 0 aromatic heterocycles. The Hall–Kier alpha value is -1.02. The van der Waals surface area contributed by atoms with Crippen LogP contribution in [0.5, 0.6) is 0 Å². The zero-order valence-corrected chi connectivity index (χ0v) is 9.05. The molecule has 0 radical (unpaired) electrons. The Bertz CT molecular complexity index is 365. The lowest BCUT2D eigenvalue weighted by molar-refractivity contribution is 1.26. The summed E-state index contributed by atoms with van der Waals surface area (Å²) in [4.78, 5) is 5.65. The zero-order chi connectivity index (χ0) is 9.80. The number of rotatable bonds is 3. The highest BCUT2D eigenvalue weighted by Gasteiger charge is 2.06. The fourth-order valence-electron chi connectivity index (χ4n) is 1.37. The molecule has 1 heterocycles. The first-order valence-electron chi connectivity index (χ1n) is 4.72. The van der Waals surface area contributed by atoms with Crippen molar-refractivity contribution in [3.8, 4) is 0 Å². The first-order valence-corrected chi connectivity index (χ1v) is 5.71. The highest BCUT2D eigenvalue weighted by atomic mass is 32.2. The molecule has 1 aromatic rings. The Labute approximate surface area is 88.9 Å². The highest BCUT2D eigenvalue weighted by molar-refractivity contribution is 8.02. The van der Waals surface area contributed by atoms with Crippen molar-refractivity contribution in [2.45, 2.75) is 12.7 Å². The third kappa shape index (κ3) is 2.26. The summed E-state index contributed by atoms with van der Waals surface area (Å²) in [6, 6.07) is 10.6. The van der Waals surface area contributed by atoms with Crippen LogP contribution in [0.3, 0.4) is 0 Å². The van der Waals surface area contributed by atoms with E-state index >= 15 is 0 Å². The topological polar surface area (TPSA) is 12.4 Å². The SMILES string of the molecule is CC1=C(SCc2ccccc2)CN=C1. The lowest BCUT2D eigenvalue weighted by Crippen LogP contribution is -1.84. The molecule has 0 atom stereocenters. The number of allylic oxidation sites excluding steroid dienone is 1. The molecule has 0 aliphatic carbocycles. The molecule has 1 aliphatic heterocycles. The summed E-state index contributed by atoms with van der Waals surface area (Å²) in [6.07, 6.45) is 1.97. The minimum absolute atomic E-state index is 0.878. The molecular weight excluding hydrogens is 190 g/mol. The van der Waals surface area contributed by atoms with Gasteiger partial charge in [0.2, 0.25) is 0 Å². The van der Waals surface area contributed by atoms with E-state index in [0.717, 1.165) is 12.3 Å². The van der Waals surface area contributed by atoms with Gasteiger partial charge in [-0.1, -0.05) is 30.3 Å². The van der Waals surface area contributed by atoms with E-state index in [1.165, 1.54) is 16.0 Å². The smallest absolute Gasteiger partial charge is 0.0702 e. The minimum atomic E-state index is 0.878. The van der Waals surface area contributed by atoms with Crippen molar-refractivity contribution in [1.29, 1.82) is 0 Å².